The number of carbonyl (C=O) groups is 1. The maximum Gasteiger partial charge on any atom is 0.307 e. The lowest BCUT2D eigenvalue weighted by molar-refractivity contribution is -0.132. The van der Waals surface area contributed by atoms with E-state index in [1.54, 1.807) is 4.57 Å². The van der Waals surface area contributed by atoms with Gasteiger partial charge in [0.1, 0.15) is 11.6 Å². The van der Waals surface area contributed by atoms with Crippen molar-refractivity contribution in [1.29, 1.82) is 0 Å². The van der Waals surface area contributed by atoms with Gasteiger partial charge in [0.05, 0.1) is 0 Å². The monoisotopic (exact) mass is 361 g/mol. The predicted molar refractivity (Wildman–Crippen MR) is 94.8 cm³/mol. The van der Waals surface area contributed by atoms with Crippen LogP contribution in [0.5, 0.6) is 0 Å². The van der Waals surface area contributed by atoms with Gasteiger partial charge in [0.25, 0.3) is 0 Å². The SMILES string of the molecule is Cc1csc(=O)n1CCC(=O)N1CCC[C@H](c2nnc3n2CCC3)C1. The zero-order chi connectivity index (χ0) is 17.4. The van der Waals surface area contributed by atoms with E-state index in [2.05, 4.69) is 14.8 Å². The Labute approximate surface area is 150 Å². The van der Waals surface area contributed by atoms with Crippen LogP contribution in [0.15, 0.2) is 10.2 Å². The topological polar surface area (TPSA) is 73.0 Å². The van der Waals surface area contributed by atoms with Gasteiger partial charge in [0.2, 0.25) is 5.91 Å². The number of amides is 1. The first-order valence-corrected chi connectivity index (χ1v) is 9.86. The molecule has 7 nitrogen and oxygen atoms in total. The third-order valence-corrected chi connectivity index (χ3v) is 6.18. The quantitative estimate of drug-likeness (QED) is 0.828. The zero-order valence-corrected chi connectivity index (χ0v) is 15.3. The number of carbonyl (C=O) groups excluding carboxylic acids is 1. The van der Waals surface area contributed by atoms with Crippen LogP contribution in [-0.2, 0) is 24.3 Å². The van der Waals surface area contributed by atoms with Gasteiger partial charge >= 0.3 is 4.87 Å². The van der Waals surface area contributed by atoms with Crippen molar-refractivity contribution in [3.8, 4) is 0 Å². The normalized spacial score (nSPS) is 20.0. The lowest BCUT2D eigenvalue weighted by Crippen LogP contribution is -2.40. The minimum atomic E-state index is 0.0147. The highest BCUT2D eigenvalue weighted by atomic mass is 32.1. The summed E-state index contributed by atoms with van der Waals surface area (Å²) in [6.45, 7) is 4.89. The average molecular weight is 361 g/mol. The van der Waals surface area contributed by atoms with Crippen LogP contribution in [0.2, 0.25) is 0 Å². The Kier molecular flexibility index (Phi) is 4.45. The summed E-state index contributed by atoms with van der Waals surface area (Å²) in [4.78, 5) is 26.4. The van der Waals surface area contributed by atoms with Crippen LogP contribution in [0.3, 0.4) is 0 Å². The van der Waals surface area contributed by atoms with E-state index in [1.165, 1.54) is 11.3 Å². The maximum atomic E-state index is 12.6. The summed E-state index contributed by atoms with van der Waals surface area (Å²) in [5.74, 6) is 2.55. The van der Waals surface area contributed by atoms with E-state index < -0.39 is 0 Å². The molecule has 25 heavy (non-hydrogen) atoms. The minimum absolute atomic E-state index is 0.0147. The molecule has 2 aromatic rings. The van der Waals surface area contributed by atoms with Crippen molar-refractivity contribution in [1.82, 2.24) is 24.2 Å². The van der Waals surface area contributed by atoms with Gasteiger partial charge in [-0.3, -0.25) is 9.59 Å². The Morgan fingerprint density at radius 1 is 1.32 bits per heavy atom. The lowest BCUT2D eigenvalue weighted by atomic mass is 9.97. The number of piperidine rings is 1. The largest absolute Gasteiger partial charge is 0.342 e. The Morgan fingerprint density at radius 3 is 3.00 bits per heavy atom. The molecule has 0 bridgehead atoms. The number of thiazole rings is 1. The molecule has 0 radical (unpaired) electrons. The smallest absolute Gasteiger partial charge is 0.307 e. The summed E-state index contributed by atoms with van der Waals surface area (Å²) in [5.41, 5.74) is 0.929. The Hall–Kier alpha value is -1.96. The molecular formula is C17H23N5O2S. The van der Waals surface area contributed by atoms with Gasteiger partial charge < -0.3 is 14.0 Å². The van der Waals surface area contributed by atoms with Crippen molar-refractivity contribution in [2.45, 2.75) is 58.0 Å². The number of likely N-dealkylation sites (tertiary alicyclic amines) is 1. The van der Waals surface area contributed by atoms with Crippen molar-refractivity contribution in [2.75, 3.05) is 13.1 Å². The summed E-state index contributed by atoms with van der Waals surface area (Å²) >= 11 is 1.19. The van der Waals surface area contributed by atoms with Crippen molar-refractivity contribution in [2.24, 2.45) is 0 Å². The molecule has 0 unspecified atom stereocenters. The summed E-state index contributed by atoms with van der Waals surface area (Å²) in [7, 11) is 0. The van der Waals surface area contributed by atoms with E-state index >= 15 is 0 Å². The van der Waals surface area contributed by atoms with Crippen molar-refractivity contribution < 1.29 is 4.79 Å². The summed E-state index contributed by atoms with van der Waals surface area (Å²) in [5, 5.41) is 10.5. The molecule has 0 saturated carbocycles. The van der Waals surface area contributed by atoms with Crippen molar-refractivity contribution in [3.63, 3.8) is 0 Å². The van der Waals surface area contributed by atoms with Gasteiger partial charge in [-0.25, -0.2) is 0 Å². The van der Waals surface area contributed by atoms with Gasteiger partial charge in [-0.15, -0.1) is 10.2 Å². The Bertz CT molecular complexity index is 836. The summed E-state index contributed by atoms with van der Waals surface area (Å²) < 4.78 is 3.93. The molecule has 8 heteroatoms. The first kappa shape index (κ1) is 16.5. The molecule has 0 N–H and O–H groups in total. The molecule has 1 atom stereocenters. The number of fused-ring (bicyclic) bond motifs is 1. The third kappa shape index (κ3) is 3.15. The van der Waals surface area contributed by atoms with Crippen LogP contribution >= 0.6 is 11.3 Å². The van der Waals surface area contributed by atoms with Gasteiger partial charge in [0, 0.05) is 56.0 Å². The van der Waals surface area contributed by atoms with Crippen molar-refractivity contribution in [3.05, 3.63) is 32.4 Å². The van der Waals surface area contributed by atoms with Crippen LogP contribution < -0.4 is 4.87 Å². The van der Waals surface area contributed by atoms with E-state index in [1.807, 2.05) is 17.2 Å². The van der Waals surface area contributed by atoms with Gasteiger partial charge in [-0.1, -0.05) is 11.3 Å². The molecule has 0 aliphatic carbocycles. The van der Waals surface area contributed by atoms with Crippen LogP contribution in [0, 0.1) is 6.92 Å². The zero-order valence-electron chi connectivity index (χ0n) is 14.5. The van der Waals surface area contributed by atoms with E-state index in [-0.39, 0.29) is 16.7 Å². The first-order valence-electron chi connectivity index (χ1n) is 8.98. The second kappa shape index (κ2) is 6.74. The fourth-order valence-corrected chi connectivity index (χ4v) is 4.69. The highest BCUT2D eigenvalue weighted by Crippen LogP contribution is 2.28. The van der Waals surface area contributed by atoms with Crippen LogP contribution in [0.1, 0.15) is 48.9 Å². The molecule has 1 amide bonds. The fourth-order valence-electron chi connectivity index (χ4n) is 3.93. The predicted octanol–water partition coefficient (Wildman–Crippen LogP) is 1.55. The average Bonchev–Trinajstić information content (AvgIpc) is 3.30. The first-order chi connectivity index (χ1) is 12.1. The Balaban J connectivity index is 1.40. The molecule has 2 aliphatic heterocycles. The second-order valence-corrected chi connectivity index (χ2v) is 7.77. The minimum Gasteiger partial charge on any atom is -0.342 e. The standard InChI is InChI=1S/C17H23N5O2S/c1-12-11-25-17(24)21(12)9-6-15(23)20-7-2-4-13(10-20)16-19-18-14-5-3-8-22(14)16/h11,13H,2-10H2,1H3/t13-/m0/s1. The van der Waals surface area contributed by atoms with Gasteiger partial charge in [0.15, 0.2) is 0 Å². The van der Waals surface area contributed by atoms with E-state index in [0.29, 0.717) is 19.5 Å². The number of hydrogen-bond acceptors (Lipinski definition) is 5. The molecule has 1 fully saturated rings. The molecule has 134 valence electrons. The van der Waals surface area contributed by atoms with Crippen LogP contribution in [-0.4, -0.2) is 43.2 Å². The lowest BCUT2D eigenvalue weighted by Gasteiger charge is -2.32. The second-order valence-electron chi connectivity index (χ2n) is 6.95. The number of aryl methyl sites for hydroxylation is 2. The highest BCUT2D eigenvalue weighted by Gasteiger charge is 2.30. The third-order valence-electron chi connectivity index (χ3n) is 5.30. The molecule has 2 aromatic heterocycles. The Morgan fingerprint density at radius 2 is 2.20 bits per heavy atom. The van der Waals surface area contributed by atoms with E-state index in [4.69, 9.17) is 0 Å². The molecular weight excluding hydrogens is 338 g/mol. The molecule has 4 rings (SSSR count). The van der Waals surface area contributed by atoms with Crippen molar-refractivity contribution >= 4 is 17.2 Å². The van der Waals surface area contributed by atoms with Crippen LogP contribution in [0.25, 0.3) is 0 Å². The van der Waals surface area contributed by atoms with E-state index in [0.717, 1.165) is 56.1 Å². The van der Waals surface area contributed by atoms with Gasteiger partial charge in [-0.2, -0.15) is 0 Å². The summed E-state index contributed by atoms with van der Waals surface area (Å²) in [6.07, 6.45) is 4.59. The highest BCUT2D eigenvalue weighted by molar-refractivity contribution is 7.07. The molecule has 1 saturated heterocycles. The number of hydrogen-bond donors (Lipinski definition) is 0. The van der Waals surface area contributed by atoms with Crippen LogP contribution in [0.4, 0.5) is 0 Å². The number of nitrogens with zero attached hydrogens (tertiary/aromatic N) is 5. The molecule has 4 heterocycles. The number of rotatable bonds is 4. The van der Waals surface area contributed by atoms with Gasteiger partial charge in [-0.05, 0) is 26.2 Å². The fraction of sp³-hybridized carbons (Fsp3) is 0.647. The number of aromatic nitrogens is 4. The maximum absolute atomic E-state index is 12.6. The summed E-state index contributed by atoms with van der Waals surface area (Å²) in [6, 6.07) is 0. The van der Waals surface area contributed by atoms with E-state index in [9.17, 15) is 9.59 Å². The molecule has 0 spiro atoms. The molecule has 0 aromatic carbocycles. The molecule has 2 aliphatic rings.